The highest BCUT2D eigenvalue weighted by atomic mass is 16.5. The molecular weight excluding hydrogens is 306 g/mol. The predicted molar refractivity (Wildman–Crippen MR) is 91.5 cm³/mol. The van der Waals surface area contributed by atoms with E-state index in [1.165, 1.54) is 0 Å². The molecule has 5 heteroatoms. The number of amides is 1. The van der Waals surface area contributed by atoms with Gasteiger partial charge in [0.15, 0.2) is 0 Å². The topological polar surface area (TPSA) is 75.6 Å². The van der Waals surface area contributed by atoms with E-state index in [1.54, 1.807) is 0 Å². The molecule has 2 rings (SSSR count). The summed E-state index contributed by atoms with van der Waals surface area (Å²) >= 11 is 0. The molecule has 3 atom stereocenters. The molecule has 0 radical (unpaired) electrons. The van der Waals surface area contributed by atoms with Crippen LogP contribution in [0.2, 0.25) is 0 Å². The summed E-state index contributed by atoms with van der Waals surface area (Å²) < 4.78 is 5.26. The van der Waals surface area contributed by atoms with Crippen LogP contribution < -0.4 is 5.32 Å². The number of hydrogen-bond acceptors (Lipinski definition) is 3. The Hall–Kier alpha value is -2.04. The fourth-order valence-corrected chi connectivity index (χ4v) is 3.46. The fraction of sp³-hybridized carbons (Fsp3) is 0.579. The lowest BCUT2D eigenvalue weighted by atomic mass is 9.72. The van der Waals surface area contributed by atoms with Crippen LogP contribution in [-0.4, -0.2) is 23.2 Å². The highest BCUT2D eigenvalue weighted by molar-refractivity contribution is 5.69. The average Bonchev–Trinajstić information content (AvgIpc) is 2.55. The van der Waals surface area contributed by atoms with Crippen LogP contribution in [0.25, 0.3) is 0 Å². The van der Waals surface area contributed by atoms with Gasteiger partial charge in [0.25, 0.3) is 0 Å². The van der Waals surface area contributed by atoms with Crippen molar-refractivity contribution in [3.05, 3.63) is 35.9 Å². The molecule has 24 heavy (non-hydrogen) atoms. The van der Waals surface area contributed by atoms with Gasteiger partial charge in [-0.25, -0.2) is 4.79 Å². The number of hydrogen-bond donors (Lipinski definition) is 2. The number of carboxylic acids is 1. The van der Waals surface area contributed by atoms with Crippen molar-refractivity contribution in [1.29, 1.82) is 0 Å². The highest BCUT2D eigenvalue weighted by Gasteiger charge is 2.34. The van der Waals surface area contributed by atoms with E-state index in [4.69, 9.17) is 9.84 Å². The van der Waals surface area contributed by atoms with Crippen LogP contribution in [-0.2, 0) is 16.1 Å². The summed E-state index contributed by atoms with van der Waals surface area (Å²) in [4.78, 5) is 23.2. The van der Waals surface area contributed by atoms with Crippen molar-refractivity contribution in [2.45, 2.75) is 52.2 Å². The number of carbonyl (C=O) groups excluding carboxylic acids is 1. The van der Waals surface area contributed by atoms with Crippen LogP contribution in [0.3, 0.4) is 0 Å². The van der Waals surface area contributed by atoms with Crippen LogP contribution in [0.15, 0.2) is 30.3 Å². The van der Waals surface area contributed by atoms with E-state index in [1.807, 2.05) is 30.3 Å². The van der Waals surface area contributed by atoms with Gasteiger partial charge in [-0.3, -0.25) is 4.79 Å². The minimum Gasteiger partial charge on any atom is -0.481 e. The van der Waals surface area contributed by atoms with Gasteiger partial charge >= 0.3 is 12.1 Å². The molecule has 5 nitrogen and oxygen atoms in total. The number of benzene rings is 1. The van der Waals surface area contributed by atoms with E-state index in [0.717, 1.165) is 24.8 Å². The lowest BCUT2D eigenvalue weighted by molar-refractivity contribution is -0.138. The first-order valence-corrected chi connectivity index (χ1v) is 8.64. The Balaban J connectivity index is 1.88. The summed E-state index contributed by atoms with van der Waals surface area (Å²) in [6.07, 6.45) is 2.28. The molecule has 1 amide bonds. The minimum atomic E-state index is -0.811. The summed E-state index contributed by atoms with van der Waals surface area (Å²) in [7, 11) is 0. The maximum Gasteiger partial charge on any atom is 0.407 e. The summed E-state index contributed by atoms with van der Waals surface area (Å²) in [6.45, 7) is 4.56. The van der Waals surface area contributed by atoms with E-state index in [0.29, 0.717) is 11.8 Å². The van der Waals surface area contributed by atoms with Gasteiger partial charge in [-0.2, -0.15) is 0 Å². The summed E-state index contributed by atoms with van der Waals surface area (Å²) in [5.41, 5.74) is 0.929. The second kappa shape index (κ2) is 8.71. The molecule has 0 spiro atoms. The average molecular weight is 333 g/mol. The van der Waals surface area contributed by atoms with Crippen molar-refractivity contribution in [2.75, 3.05) is 0 Å². The monoisotopic (exact) mass is 333 g/mol. The highest BCUT2D eigenvalue weighted by Crippen LogP contribution is 2.35. The van der Waals surface area contributed by atoms with Gasteiger partial charge in [0.1, 0.15) is 6.61 Å². The molecule has 2 N–H and O–H groups in total. The molecule has 1 aliphatic carbocycles. The van der Waals surface area contributed by atoms with Gasteiger partial charge in [-0.05, 0) is 42.6 Å². The Morgan fingerprint density at radius 3 is 2.58 bits per heavy atom. The SMILES string of the molecule is CC(C)C1CCC(NC(=O)OCc2ccccc2)C(CC(=O)O)C1. The second-order valence-electron chi connectivity index (χ2n) is 6.99. The van der Waals surface area contributed by atoms with Gasteiger partial charge in [-0.1, -0.05) is 44.2 Å². The molecule has 1 saturated carbocycles. The minimum absolute atomic E-state index is 0.0343. The number of aliphatic carboxylic acids is 1. The molecule has 0 saturated heterocycles. The first-order valence-electron chi connectivity index (χ1n) is 8.64. The fourth-order valence-electron chi connectivity index (χ4n) is 3.46. The first-order chi connectivity index (χ1) is 11.5. The Morgan fingerprint density at radius 1 is 1.25 bits per heavy atom. The van der Waals surface area contributed by atoms with Crippen molar-refractivity contribution >= 4 is 12.1 Å². The second-order valence-corrected chi connectivity index (χ2v) is 6.99. The molecule has 0 aromatic heterocycles. The zero-order valence-corrected chi connectivity index (χ0v) is 14.4. The van der Waals surface area contributed by atoms with E-state index in [9.17, 15) is 9.59 Å². The summed E-state index contributed by atoms with van der Waals surface area (Å²) in [5, 5.41) is 12.0. The number of alkyl carbamates (subject to hydrolysis) is 1. The maximum atomic E-state index is 12.1. The molecule has 0 heterocycles. The molecule has 1 aliphatic rings. The van der Waals surface area contributed by atoms with Crippen LogP contribution in [0.1, 0.15) is 45.1 Å². The first kappa shape index (κ1) is 18.3. The third kappa shape index (κ3) is 5.55. The quantitative estimate of drug-likeness (QED) is 0.829. The molecule has 0 bridgehead atoms. The van der Waals surface area contributed by atoms with Crippen molar-refractivity contribution < 1.29 is 19.4 Å². The van der Waals surface area contributed by atoms with E-state index >= 15 is 0 Å². The standard InChI is InChI=1S/C19H27NO4/c1-13(2)15-8-9-17(16(10-15)11-18(21)22)20-19(23)24-12-14-6-4-3-5-7-14/h3-7,13,15-17H,8-12H2,1-2H3,(H,20,23)(H,21,22). The van der Waals surface area contributed by atoms with Crippen LogP contribution in [0.4, 0.5) is 4.79 Å². The Morgan fingerprint density at radius 2 is 1.96 bits per heavy atom. The Kier molecular flexibility index (Phi) is 6.64. The normalized spacial score (nSPS) is 23.7. The lowest BCUT2D eigenvalue weighted by Gasteiger charge is -2.37. The van der Waals surface area contributed by atoms with Crippen LogP contribution in [0.5, 0.6) is 0 Å². The van der Waals surface area contributed by atoms with Crippen LogP contribution >= 0.6 is 0 Å². The zero-order valence-electron chi connectivity index (χ0n) is 14.4. The third-order valence-corrected chi connectivity index (χ3v) is 4.92. The van der Waals surface area contributed by atoms with E-state index in [-0.39, 0.29) is 25.0 Å². The molecular formula is C19H27NO4. The molecule has 3 unspecified atom stereocenters. The van der Waals surface area contributed by atoms with Gasteiger partial charge in [0.05, 0.1) is 6.42 Å². The third-order valence-electron chi connectivity index (χ3n) is 4.92. The predicted octanol–water partition coefficient (Wildman–Crippen LogP) is 3.83. The number of rotatable bonds is 6. The maximum absolute atomic E-state index is 12.1. The molecule has 0 aliphatic heterocycles. The van der Waals surface area contributed by atoms with Crippen molar-refractivity contribution in [2.24, 2.45) is 17.8 Å². The summed E-state index contributed by atoms with van der Waals surface area (Å²) in [5.74, 6) is 0.210. The van der Waals surface area contributed by atoms with Crippen LogP contribution in [0, 0.1) is 17.8 Å². The molecule has 1 fully saturated rings. The molecule has 1 aromatic carbocycles. The van der Waals surface area contributed by atoms with Crippen molar-refractivity contribution in [3.63, 3.8) is 0 Å². The van der Waals surface area contributed by atoms with E-state index in [2.05, 4.69) is 19.2 Å². The van der Waals surface area contributed by atoms with Gasteiger partial charge in [0, 0.05) is 6.04 Å². The van der Waals surface area contributed by atoms with Gasteiger partial charge < -0.3 is 15.2 Å². The smallest absolute Gasteiger partial charge is 0.407 e. The molecule has 1 aromatic rings. The number of nitrogens with one attached hydrogen (secondary N) is 1. The van der Waals surface area contributed by atoms with Gasteiger partial charge in [-0.15, -0.1) is 0 Å². The Labute approximate surface area is 143 Å². The van der Waals surface area contributed by atoms with Crippen molar-refractivity contribution in [1.82, 2.24) is 5.32 Å². The van der Waals surface area contributed by atoms with E-state index < -0.39 is 12.1 Å². The number of ether oxygens (including phenoxy) is 1. The Bertz CT molecular complexity index is 544. The molecule has 132 valence electrons. The zero-order chi connectivity index (χ0) is 17.5. The largest absolute Gasteiger partial charge is 0.481 e. The van der Waals surface area contributed by atoms with Gasteiger partial charge in [0.2, 0.25) is 0 Å². The lowest BCUT2D eigenvalue weighted by Crippen LogP contribution is -2.45. The number of carboxylic acid groups (broad SMARTS) is 1. The van der Waals surface area contributed by atoms with Crippen molar-refractivity contribution in [3.8, 4) is 0 Å². The summed E-state index contributed by atoms with van der Waals surface area (Å²) in [6, 6.07) is 9.37. The number of carbonyl (C=O) groups is 2.